The number of hydrogen-bond donors (Lipinski definition) is 2. The highest BCUT2D eigenvalue weighted by Crippen LogP contribution is 2.13. The van der Waals surface area contributed by atoms with Crippen LogP contribution in [-0.4, -0.2) is 17.8 Å². The first-order chi connectivity index (χ1) is 10.1. The van der Waals surface area contributed by atoms with E-state index in [-0.39, 0.29) is 16.6 Å². The first-order valence-electron chi connectivity index (χ1n) is 5.95. The number of fused-ring (bicyclic) bond motifs is 1. The minimum absolute atomic E-state index is 0.0448. The quantitative estimate of drug-likeness (QED) is 0.587. The van der Waals surface area contributed by atoms with Crippen LogP contribution in [-0.2, 0) is 9.59 Å². The Balaban J connectivity index is 2.13. The number of carbonyl (C=O) groups is 3. The normalized spacial score (nSPS) is 14.9. The zero-order chi connectivity index (χ0) is 15.0. The molecule has 2 aromatic rings. The highest BCUT2D eigenvalue weighted by Gasteiger charge is 2.28. The Hall–Kier alpha value is -3.22. The third kappa shape index (κ3) is 2.20. The maximum atomic E-state index is 12.2. The van der Waals surface area contributed by atoms with Gasteiger partial charge in [-0.3, -0.25) is 25.0 Å². The van der Waals surface area contributed by atoms with Gasteiger partial charge in [0.1, 0.15) is 17.4 Å². The minimum atomic E-state index is -0.896. The number of carbonyl (C=O) groups excluding carboxylic acids is 3. The summed E-state index contributed by atoms with van der Waals surface area (Å²) in [5.74, 6) is -1.73. The Morgan fingerprint density at radius 1 is 0.952 bits per heavy atom. The number of barbiturate groups is 1. The minimum Gasteiger partial charge on any atom is -0.463 e. The first-order valence-corrected chi connectivity index (χ1v) is 5.95. The summed E-state index contributed by atoms with van der Waals surface area (Å²) in [6.45, 7) is 0. The molecule has 1 aliphatic rings. The topological polar surface area (TPSA) is 105 Å². The second-order valence-corrected chi connectivity index (χ2v) is 4.31. The molecule has 0 saturated carbocycles. The number of amides is 4. The molecule has 1 aromatic carbocycles. The Bertz CT molecular complexity index is 856. The van der Waals surface area contributed by atoms with Crippen LogP contribution in [0.1, 0.15) is 5.56 Å². The lowest BCUT2D eigenvalue weighted by atomic mass is 10.1. The lowest BCUT2D eigenvalue weighted by Gasteiger charge is -2.13. The van der Waals surface area contributed by atoms with Crippen LogP contribution in [0.15, 0.2) is 45.3 Å². The van der Waals surface area contributed by atoms with Gasteiger partial charge in [-0.1, -0.05) is 12.1 Å². The van der Waals surface area contributed by atoms with Gasteiger partial charge in [-0.25, -0.2) is 4.79 Å². The molecule has 1 fully saturated rings. The third-order valence-electron chi connectivity index (χ3n) is 2.95. The van der Waals surface area contributed by atoms with Gasteiger partial charge in [0.25, 0.3) is 11.8 Å². The van der Waals surface area contributed by atoms with Gasteiger partial charge in [0.05, 0.1) is 10.9 Å². The molecular weight excluding hydrogens is 276 g/mol. The Morgan fingerprint density at radius 3 is 2.33 bits per heavy atom. The molecule has 0 aliphatic carbocycles. The van der Waals surface area contributed by atoms with Crippen molar-refractivity contribution >= 4 is 34.9 Å². The fourth-order valence-electron chi connectivity index (χ4n) is 1.95. The van der Waals surface area contributed by atoms with Gasteiger partial charge >= 0.3 is 6.03 Å². The van der Waals surface area contributed by atoms with Crippen LogP contribution in [0.25, 0.3) is 17.0 Å². The van der Waals surface area contributed by atoms with E-state index >= 15 is 0 Å². The standard InChI is InChI=1S/C14H8N2O5/c17-11-7(6-21-10-4-2-1-3-8(10)11)5-9-12(18)15-14(20)16-13(9)19/h1-6H,(H2,15,16,18,19,20). The molecule has 2 N–H and O–H groups in total. The predicted molar refractivity (Wildman–Crippen MR) is 72.1 cm³/mol. The Morgan fingerprint density at radius 2 is 1.62 bits per heavy atom. The zero-order valence-electron chi connectivity index (χ0n) is 10.5. The second kappa shape index (κ2) is 4.71. The summed E-state index contributed by atoms with van der Waals surface area (Å²) in [5.41, 5.74) is -0.264. The van der Waals surface area contributed by atoms with E-state index in [9.17, 15) is 19.2 Å². The molecule has 1 aliphatic heterocycles. The van der Waals surface area contributed by atoms with Crippen molar-refractivity contribution < 1.29 is 18.8 Å². The van der Waals surface area contributed by atoms with Gasteiger partial charge in [-0.2, -0.15) is 0 Å². The number of urea groups is 1. The maximum absolute atomic E-state index is 12.2. The van der Waals surface area contributed by atoms with Crippen molar-refractivity contribution in [1.82, 2.24) is 10.6 Å². The van der Waals surface area contributed by atoms with Crippen molar-refractivity contribution in [3.05, 3.63) is 51.9 Å². The van der Waals surface area contributed by atoms with Crippen molar-refractivity contribution in [2.24, 2.45) is 0 Å². The van der Waals surface area contributed by atoms with Gasteiger partial charge < -0.3 is 4.42 Å². The van der Waals surface area contributed by atoms with Crippen molar-refractivity contribution in [3.63, 3.8) is 0 Å². The number of imide groups is 2. The number of para-hydroxylation sites is 1. The molecule has 3 rings (SSSR count). The lowest BCUT2D eigenvalue weighted by molar-refractivity contribution is -0.123. The van der Waals surface area contributed by atoms with Gasteiger partial charge in [0.2, 0.25) is 0 Å². The molecule has 7 heteroatoms. The van der Waals surface area contributed by atoms with Gasteiger partial charge in [-0.15, -0.1) is 0 Å². The summed E-state index contributed by atoms with van der Waals surface area (Å²) in [6.07, 6.45) is 2.25. The highest BCUT2D eigenvalue weighted by molar-refractivity contribution is 6.31. The van der Waals surface area contributed by atoms with Crippen LogP contribution in [0.2, 0.25) is 0 Å². The van der Waals surface area contributed by atoms with Gasteiger partial charge in [-0.05, 0) is 18.2 Å². The van der Waals surface area contributed by atoms with E-state index < -0.39 is 17.8 Å². The van der Waals surface area contributed by atoms with E-state index in [1.54, 1.807) is 24.3 Å². The molecule has 0 bridgehead atoms. The molecule has 4 amide bonds. The van der Waals surface area contributed by atoms with E-state index in [0.717, 1.165) is 12.3 Å². The maximum Gasteiger partial charge on any atom is 0.328 e. The number of nitrogens with one attached hydrogen (secondary N) is 2. The summed E-state index contributed by atoms with van der Waals surface area (Å²) in [4.78, 5) is 46.4. The van der Waals surface area contributed by atoms with Gasteiger partial charge in [0, 0.05) is 0 Å². The molecule has 0 spiro atoms. The fraction of sp³-hybridized carbons (Fsp3) is 0. The number of hydrogen-bond acceptors (Lipinski definition) is 5. The monoisotopic (exact) mass is 284 g/mol. The summed E-state index contributed by atoms with van der Waals surface area (Å²) >= 11 is 0. The van der Waals surface area contributed by atoms with E-state index in [4.69, 9.17) is 4.42 Å². The SMILES string of the molecule is O=C1NC(=O)C(=Cc2coc3ccccc3c2=O)C(=O)N1. The van der Waals surface area contributed by atoms with Crippen LogP contribution in [0.5, 0.6) is 0 Å². The van der Waals surface area contributed by atoms with E-state index in [2.05, 4.69) is 0 Å². The molecule has 1 saturated heterocycles. The summed E-state index contributed by atoms with van der Waals surface area (Å²) < 4.78 is 5.28. The highest BCUT2D eigenvalue weighted by atomic mass is 16.3. The molecule has 21 heavy (non-hydrogen) atoms. The average molecular weight is 284 g/mol. The molecular formula is C14H8N2O5. The predicted octanol–water partition coefficient (Wildman–Crippen LogP) is 0.542. The largest absolute Gasteiger partial charge is 0.463 e. The fourth-order valence-corrected chi connectivity index (χ4v) is 1.95. The first kappa shape index (κ1) is 12.8. The van der Waals surface area contributed by atoms with Crippen LogP contribution in [0, 0.1) is 0 Å². The summed E-state index contributed by atoms with van der Waals surface area (Å²) in [7, 11) is 0. The molecule has 0 atom stereocenters. The Labute approximate surface area is 117 Å². The number of benzene rings is 1. The van der Waals surface area contributed by atoms with Crippen molar-refractivity contribution in [2.75, 3.05) is 0 Å². The van der Waals surface area contributed by atoms with Crippen LogP contribution in [0.4, 0.5) is 4.79 Å². The van der Waals surface area contributed by atoms with Gasteiger partial charge in [0.15, 0.2) is 5.43 Å². The number of rotatable bonds is 1. The smallest absolute Gasteiger partial charge is 0.328 e. The molecule has 104 valence electrons. The zero-order valence-corrected chi connectivity index (χ0v) is 10.5. The van der Waals surface area contributed by atoms with Crippen LogP contribution >= 0.6 is 0 Å². The molecule has 7 nitrogen and oxygen atoms in total. The summed E-state index contributed by atoms with van der Waals surface area (Å²) in [6, 6.07) is 5.71. The van der Waals surface area contributed by atoms with Crippen molar-refractivity contribution in [1.29, 1.82) is 0 Å². The summed E-state index contributed by atoms with van der Waals surface area (Å²) in [5, 5.41) is 4.18. The lowest BCUT2D eigenvalue weighted by Crippen LogP contribution is -2.51. The molecule has 0 radical (unpaired) electrons. The molecule has 0 unspecified atom stereocenters. The molecule has 1 aromatic heterocycles. The third-order valence-corrected chi connectivity index (χ3v) is 2.95. The van der Waals surface area contributed by atoms with E-state index in [1.165, 1.54) is 0 Å². The van der Waals surface area contributed by atoms with E-state index in [0.29, 0.717) is 11.0 Å². The van der Waals surface area contributed by atoms with Crippen LogP contribution in [0.3, 0.4) is 0 Å². The second-order valence-electron chi connectivity index (χ2n) is 4.31. The van der Waals surface area contributed by atoms with E-state index in [1.807, 2.05) is 10.6 Å². The van der Waals surface area contributed by atoms with Crippen molar-refractivity contribution in [2.45, 2.75) is 0 Å². The van der Waals surface area contributed by atoms with Crippen LogP contribution < -0.4 is 16.1 Å². The average Bonchev–Trinajstić information content (AvgIpc) is 2.45. The van der Waals surface area contributed by atoms with Crippen molar-refractivity contribution in [3.8, 4) is 0 Å². The Kier molecular flexibility index (Phi) is 2.87. The molecule has 2 heterocycles.